The van der Waals surface area contributed by atoms with Crippen molar-refractivity contribution in [2.24, 2.45) is 5.92 Å². The summed E-state index contributed by atoms with van der Waals surface area (Å²) in [5, 5.41) is 4.30. The van der Waals surface area contributed by atoms with Crippen LogP contribution in [0.5, 0.6) is 0 Å². The van der Waals surface area contributed by atoms with Gasteiger partial charge in [0.25, 0.3) is 0 Å². The largest absolute Gasteiger partial charge is 0.265 e. The van der Waals surface area contributed by atoms with E-state index in [-0.39, 0.29) is 0 Å². The van der Waals surface area contributed by atoms with Crippen molar-refractivity contribution in [2.75, 3.05) is 0 Å². The summed E-state index contributed by atoms with van der Waals surface area (Å²) in [5.41, 5.74) is 3.93. The molecule has 0 saturated heterocycles. The first kappa shape index (κ1) is 11.9. The van der Waals surface area contributed by atoms with Crippen molar-refractivity contribution < 1.29 is 0 Å². The molecule has 0 aliphatic heterocycles. The van der Waals surface area contributed by atoms with Crippen molar-refractivity contribution in [3.63, 3.8) is 0 Å². The lowest BCUT2D eigenvalue weighted by Crippen LogP contribution is -2.03. The van der Waals surface area contributed by atoms with Gasteiger partial charge in [-0.15, -0.1) is 0 Å². The van der Waals surface area contributed by atoms with Gasteiger partial charge in [-0.3, -0.25) is 4.68 Å². The van der Waals surface area contributed by atoms with Gasteiger partial charge in [-0.05, 0) is 36.5 Å². The number of hydrogen-bond acceptors (Lipinski definition) is 1. The molecule has 2 rings (SSSR count). The van der Waals surface area contributed by atoms with E-state index < -0.39 is 0 Å². The van der Waals surface area contributed by atoms with E-state index in [1.807, 2.05) is 16.9 Å². The van der Waals surface area contributed by atoms with E-state index in [4.69, 9.17) is 0 Å². The van der Waals surface area contributed by atoms with Crippen LogP contribution in [-0.2, 0) is 13.0 Å². The maximum absolute atomic E-state index is 4.30. The van der Waals surface area contributed by atoms with Crippen LogP contribution < -0.4 is 0 Å². The molecule has 0 saturated carbocycles. The molecule has 0 aliphatic rings. The highest BCUT2D eigenvalue weighted by Gasteiger charge is 2.01. The van der Waals surface area contributed by atoms with E-state index in [2.05, 4.69) is 50.1 Å². The Hall–Kier alpha value is -1.57. The van der Waals surface area contributed by atoms with Gasteiger partial charge in [-0.25, -0.2) is 0 Å². The summed E-state index contributed by atoms with van der Waals surface area (Å²) in [6.45, 7) is 7.45. The molecule has 1 aromatic heterocycles. The second-order valence-electron chi connectivity index (χ2n) is 5.04. The van der Waals surface area contributed by atoms with Crippen LogP contribution in [0.3, 0.4) is 0 Å². The third-order valence-electron chi connectivity index (χ3n) is 2.93. The first-order chi connectivity index (χ1) is 8.15. The Morgan fingerprint density at radius 2 is 1.71 bits per heavy atom. The molecule has 90 valence electrons. The fraction of sp³-hybridized carbons (Fsp3) is 0.400. The second-order valence-corrected chi connectivity index (χ2v) is 5.04. The van der Waals surface area contributed by atoms with E-state index in [0.717, 1.165) is 13.0 Å². The molecule has 2 heteroatoms. The van der Waals surface area contributed by atoms with Gasteiger partial charge in [0.15, 0.2) is 0 Å². The minimum Gasteiger partial charge on any atom is -0.265 e. The van der Waals surface area contributed by atoms with Gasteiger partial charge in [0.2, 0.25) is 0 Å². The van der Waals surface area contributed by atoms with Crippen LogP contribution in [0.1, 0.15) is 30.7 Å². The number of rotatable bonds is 4. The topological polar surface area (TPSA) is 17.8 Å². The second kappa shape index (κ2) is 5.17. The number of hydrogen-bond donors (Lipinski definition) is 0. The zero-order valence-electron chi connectivity index (χ0n) is 10.9. The van der Waals surface area contributed by atoms with Gasteiger partial charge in [-0.2, -0.15) is 5.10 Å². The van der Waals surface area contributed by atoms with Crippen LogP contribution in [0.15, 0.2) is 36.5 Å². The summed E-state index contributed by atoms with van der Waals surface area (Å²) in [4.78, 5) is 0. The molecule has 0 N–H and O–H groups in total. The highest BCUT2D eigenvalue weighted by atomic mass is 15.3. The number of nitrogens with zero attached hydrogens (tertiary/aromatic N) is 2. The monoisotopic (exact) mass is 228 g/mol. The highest BCUT2D eigenvalue weighted by Crippen LogP contribution is 2.11. The average molecular weight is 228 g/mol. The first-order valence-electron chi connectivity index (χ1n) is 6.21. The van der Waals surface area contributed by atoms with Crippen LogP contribution in [0.4, 0.5) is 0 Å². The molecule has 1 aromatic carbocycles. The highest BCUT2D eigenvalue weighted by molar-refractivity contribution is 5.23. The van der Waals surface area contributed by atoms with Crippen molar-refractivity contribution in [2.45, 2.75) is 33.7 Å². The van der Waals surface area contributed by atoms with Crippen molar-refractivity contribution in [3.8, 4) is 0 Å². The van der Waals surface area contributed by atoms with Gasteiger partial charge in [0, 0.05) is 11.9 Å². The third-order valence-corrected chi connectivity index (χ3v) is 2.93. The van der Waals surface area contributed by atoms with E-state index in [9.17, 15) is 0 Å². The first-order valence-corrected chi connectivity index (χ1v) is 6.21. The van der Waals surface area contributed by atoms with E-state index in [1.165, 1.54) is 16.8 Å². The van der Waals surface area contributed by atoms with Gasteiger partial charge in [-0.1, -0.05) is 38.1 Å². The number of aryl methyl sites for hydroxylation is 1. The van der Waals surface area contributed by atoms with Crippen LogP contribution in [0.2, 0.25) is 0 Å². The smallest absolute Gasteiger partial charge is 0.0662 e. The summed E-state index contributed by atoms with van der Waals surface area (Å²) in [6, 6.07) is 10.9. The summed E-state index contributed by atoms with van der Waals surface area (Å²) >= 11 is 0. The lowest BCUT2D eigenvalue weighted by molar-refractivity contribution is 0.645. The summed E-state index contributed by atoms with van der Waals surface area (Å²) < 4.78 is 2.03. The maximum atomic E-state index is 4.30. The predicted molar refractivity (Wildman–Crippen MR) is 71.1 cm³/mol. The Morgan fingerprint density at radius 3 is 2.24 bits per heavy atom. The zero-order valence-corrected chi connectivity index (χ0v) is 10.9. The molecule has 0 fully saturated rings. The molecule has 0 radical (unpaired) electrons. The minimum absolute atomic E-state index is 0.717. The molecule has 2 aromatic rings. The lowest BCUT2D eigenvalue weighted by Gasteiger charge is -2.07. The number of aromatic nitrogens is 2. The van der Waals surface area contributed by atoms with Crippen LogP contribution in [-0.4, -0.2) is 9.78 Å². The van der Waals surface area contributed by atoms with Crippen molar-refractivity contribution >= 4 is 0 Å². The van der Waals surface area contributed by atoms with E-state index >= 15 is 0 Å². The third kappa shape index (κ3) is 3.19. The van der Waals surface area contributed by atoms with Gasteiger partial charge in [0.1, 0.15) is 0 Å². The molecular weight excluding hydrogens is 208 g/mol. The molecule has 1 heterocycles. The molecule has 2 nitrogen and oxygen atoms in total. The quantitative estimate of drug-likeness (QED) is 0.784. The van der Waals surface area contributed by atoms with Crippen molar-refractivity contribution in [3.05, 3.63) is 53.3 Å². The van der Waals surface area contributed by atoms with E-state index in [0.29, 0.717) is 5.92 Å². The molecule has 0 unspecified atom stereocenters. The Kier molecular flexibility index (Phi) is 3.62. The summed E-state index contributed by atoms with van der Waals surface area (Å²) in [6.07, 6.45) is 3.00. The molecular formula is C15H20N2. The summed E-state index contributed by atoms with van der Waals surface area (Å²) in [5.74, 6) is 0.717. The fourth-order valence-electron chi connectivity index (χ4n) is 1.99. The van der Waals surface area contributed by atoms with Gasteiger partial charge in [0.05, 0.1) is 6.54 Å². The van der Waals surface area contributed by atoms with Crippen LogP contribution in [0, 0.1) is 12.8 Å². The maximum Gasteiger partial charge on any atom is 0.0662 e. The van der Waals surface area contributed by atoms with Gasteiger partial charge >= 0.3 is 0 Å². The Bertz CT molecular complexity index is 466. The van der Waals surface area contributed by atoms with Crippen molar-refractivity contribution in [1.29, 1.82) is 0 Å². The van der Waals surface area contributed by atoms with Crippen LogP contribution in [0.25, 0.3) is 0 Å². The molecule has 0 amide bonds. The zero-order chi connectivity index (χ0) is 12.3. The van der Waals surface area contributed by atoms with Crippen molar-refractivity contribution in [1.82, 2.24) is 9.78 Å². The van der Waals surface area contributed by atoms with Gasteiger partial charge < -0.3 is 0 Å². The normalized spacial score (nSPS) is 11.1. The van der Waals surface area contributed by atoms with E-state index in [1.54, 1.807) is 0 Å². The van der Waals surface area contributed by atoms with Crippen LogP contribution >= 0.6 is 0 Å². The average Bonchev–Trinajstić information content (AvgIpc) is 2.67. The number of benzene rings is 1. The minimum atomic E-state index is 0.717. The Balaban J connectivity index is 2.06. The lowest BCUT2D eigenvalue weighted by atomic mass is 10.0. The fourth-order valence-corrected chi connectivity index (χ4v) is 1.99. The molecule has 17 heavy (non-hydrogen) atoms. The molecule has 0 aliphatic carbocycles. The molecule has 0 spiro atoms. The Morgan fingerprint density at radius 1 is 1.06 bits per heavy atom. The standard InChI is InChI=1S/C15H20N2/c1-12(2)10-14-4-6-15(7-5-14)11-17-13(3)8-9-16-17/h4-9,12H,10-11H2,1-3H3. The Labute approximate surface area is 103 Å². The SMILES string of the molecule is Cc1ccnn1Cc1ccc(CC(C)C)cc1. The molecule has 0 bridgehead atoms. The molecule has 0 atom stereocenters. The predicted octanol–water partition coefficient (Wildman–Crippen LogP) is 3.44. The summed E-state index contributed by atoms with van der Waals surface area (Å²) in [7, 11) is 0.